The van der Waals surface area contributed by atoms with Gasteiger partial charge in [-0.15, -0.1) is 0 Å². The van der Waals surface area contributed by atoms with E-state index in [1.54, 1.807) is 18.2 Å². The van der Waals surface area contributed by atoms with Crippen LogP contribution in [0.3, 0.4) is 0 Å². The molecule has 2 N–H and O–H groups in total. The molecule has 0 heterocycles. The van der Waals surface area contributed by atoms with E-state index in [0.717, 1.165) is 10.8 Å². The van der Waals surface area contributed by atoms with Crippen molar-refractivity contribution in [1.82, 2.24) is 0 Å². The first-order valence-electron chi connectivity index (χ1n) is 6.81. The number of nitrogens with zero attached hydrogens (tertiary/aromatic N) is 1. The predicted molar refractivity (Wildman–Crippen MR) is 87.5 cm³/mol. The second-order valence-corrected chi connectivity index (χ2v) is 4.84. The van der Waals surface area contributed by atoms with Crippen molar-refractivity contribution < 1.29 is 34.4 Å². The molecular formula is C18H15NO3Zn. The first-order valence-corrected chi connectivity index (χ1v) is 6.81. The maximum Gasteiger partial charge on any atom is 0.141 e. The molecule has 0 saturated heterocycles. The molecule has 112 valence electrons. The molecule has 3 rings (SSSR count). The third kappa shape index (κ3) is 3.51. The molecule has 0 spiro atoms. The van der Waals surface area contributed by atoms with Gasteiger partial charge in [0.25, 0.3) is 0 Å². The van der Waals surface area contributed by atoms with E-state index >= 15 is 0 Å². The molecule has 0 unspecified atom stereocenters. The van der Waals surface area contributed by atoms with Crippen LogP contribution in [0, 0.1) is 0 Å². The van der Waals surface area contributed by atoms with Crippen LogP contribution in [0.25, 0.3) is 10.8 Å². The minimum Gasteiger partial charge on any atom is -0.507 e. The predicted octanol–water partition coefficient (Wildman–Crippen LogP) is 4.01. The Hall–Kier alpha value is -2.39. The van der Waals surface area contributed by atoms with Gasteiger partial charge in [0, 0.05) is 42.7 Å². The third-order valence-corrected chi connectivity index (χ3v) is 3.45. The Morgan fingerprint density at radius 2 is 1.74 bits per heavy atom. The summed E-state index contributed by atoms with van der Waals surface area (Å²) in [6.07, 6.45) is 1.52. The Labute approximate surface area is 146 Å². The first kappa shape index (κ1) is 17.0. The van der Waals surface area contributed by atoms with Gasteiger partial charge in [-0.25, -0.2) is 0 Å². The molecule has 5 heteroatoms. The first-order chi connectivity index (χ1) is 10.7. The molecule has 0 fully saturated rings. The Bertz CT molecular complexity index is 862. The summed E-state index contributed by atoms with van der Waals surface area (Å²) in [7, 11) is 1.54. The van der Waals surface area contributed by atoms with E-state index in [4.69, 9.17) is 4.74 Å². The molecule has 0 radical (unpaired) electrons. The van der Waals surface area contributed by atoms with Crippen LogP contribution >= 0.6 is 0 Å². The fourth-order valence-electron chi connectivity index (χ4n) is 2.27. The molecule has 0 saturated carbocycles. The van der Waals surface area contributed by atoms with Crippen molar-refractivity contribution in [2.24, 2.45) is 4.99 Å². The van der Waals surface area contributed by atoms with Gasteiger partial charge in [0.15, 0.2) is 0 Å². The number of hydrogen-bond acceptors (Lipinski definition) is 4. The van der Waals surface area contributed by atoms with Crippen molar-refractivity contribution in [3.05, 3.63) is 60.2 Å². The quantitative estimate of drug-likeness (QED) is 0.549. The smallest absolute Gasteiger partial charge is 0.141 e. The van der Waals surface area contributed by atoms with E-state index in [2.05, 4.69) is 4.99 Å². The van der Waals surface area contributed by atoms with E-state index in [9.17, 15) is 10.2 Å². The standard InChI is InChI=1S/C18H15NO3.Zn/c1-22-14-8-6-13(17(21)10-14)11-19-18-15-5-3-2-4-12(15)7-9-16(18)20;/h2-11,20-21H,1H3;. The molecule has 0 aliphatic heterocycles. The maximum atomic E-state index is 10.0. The summed E-state index contributed by atoms with van der Waals surface area (Å²) >= 11 is 0. The van der Waals surface area contributed by atoms with Crippen LogP contribution in [0.2, 0.25) is 0 Å². The minimum atomic E-state index is 0. The van der Waals surface area contributed by atoms with Crippen LogP contribution in [0.1, 0.15) is 5.56 Å². The molecule has 0 aromatic heterocycles. The molecule has 23 heavy (non-hydrogen) atoms. The van der Waals surface area contributed by atoms with Crippen LogP contribution in [-0.2, 0) is 19.5 Å². The zero-order chi connectivity index (χ0) is 15.5. The molecule has 3 aromatic carbocycles. The van der Waals surface area contributed by atoms with Crippen molar-refractivity contribution in [2.45, 2.75) is 0 Å². The van der Waals surface area contributed by atoms with Gasteiger partial charge in [-0.1, -0.05) is 30.3 Å². The largest absolute Gasteiger partial charge is 0.507 e. The Balaban J connectivity index is 0.00000192. The monoisotopic (exact) mass is 357 g/mol. The van der Waals surface area contributed by atoms with Crippen LogP contribution < -0.4 is 4.74 Å². The topological polar surface area (TPSA) is 62.0 Å². The normalized spacial score (nSPS) is 10.7. The summed E-state index contributed by atoms with van der Waals surface area (Å²) in [6.45, 7) is 0. The van der Waals surface area contributed by atoms with Gasteiger partial charge in [0.2, 0.25) is 0 Å². The van der Waals surface area contributed by atoms with Gasteiger partial charge in [0.05, 0.1) is 7.11 Å². The van der Waals surface area contributed by atoms with Gasteiger partial charge in [-0.05, 0) is 23.6 Å². The number of benzene rings is 3. The zero-order valence-corrected chi connectivity index (χ0v) is 15.7. The summed E-state index contributed by atoms with van der Waals surface area (Å²) in [5, 5.41) is 21.8. The fraction of sp³-hybridized carbons (Fsp3) is 0.0556. The van der Waals surface area contributed by atoms with Gasteiger partial charge >= 0.3 is 0 Å². The Kier molecular flexibility index (Phi) is 5.35. The number of phenolic OH excluding ortho intramolecular Hbond substituents is 2. The number of methoxy groups -OCH3 is 1. The number of ether oxygens (including phenoxy) is 1. The summed E-state index contributed by atoms with van der Waals surface area (Å²) in [5.74, 6) is 0.744. The molecule has 0 atom stereocenters. The van der Waals surface area contributed by atoms with Gasteiger partial charge in [0.1, 0.15) is 22.9 Å². The van der Waals surface area contributed by atoms with Crippen molar-refractivity contribution in [3.8, 4) is 17.2 Å². The van der Waals surface area contributed by atoms with Gasteiger partial charge in [-0.2, -0.15) is 0 Å². The van der Waals surface area contributed by atoms with Crippen LogP contribution in [-0.4, -0.2) is 23.5 Å². The third-order valence-electron chi connectivity index (χ3n) is 3.45. The minimum absolute atomic E-state index is 0. The molecule has 0 aliphatic carbocycles. The van der Waals surface area contributed by atoms with Crippen molar-refractivity contribution in [2.75, 3.05) is 7.11 Å². The van der Waals surface area contributed by atoms with E-state index in [-0.39, 0.29) is 31.0 Å². The van der Waals surface area contributed by atoms with Crippen molar-refractivity contribution >= 4 is 22.7 Å². The fourth-order valence-corrected chi connectivity index (χ4v) is 2.27. The SMILES string of the molecule is COc1ccc(C=Nc2c(O)ccc3ccccc23)c(O)c1.[Zn]. The van der Waals surface area contributed by atoms with Crippen molar-refractivity contribution in [3.63, 3.8) is 0 Å². The van der Waals surface area contributed by atoms with E-state index in [1.165, 1.54) is 19.4 Å². The number of rotatable bonds is 3. The number of aromatic hydroxyl groups is 2. The van der Waals surface area contributed by atoms with Crippen molar-refractivity contribution in [1.29, 1.82) is 0 Å². The number of hydrogen-bond donors (Lipinski definition) is 2. The van der Waals surface area contributed by atoms with Crippen LogP contribution in [0.15, 0.2) is 59.6 Å². The molecule has 3 aromatic rings. The summed E-state index contributed by atoms with van der Waals surface area (Å²) in [6, 6.07) is 16.1. The summed E-state index contributed by atoms with van der Waals surface area (Å²) in [5.41, 5.74) is 1.03. The average Bonchev–Trinajstić information content (AvgIpc) is 2.55. The zero-order valence-electron chi connectivity index (χ0n) is 12.7. The number of phenols is 2. The molecule has 0 amide bonds. The summed E-state index contributed by atoms with van der Waals surface area (Å²) < 4.78 is 5.05. The Morgan fingerprint density at radius 1 is 0.957 bits per heavy atom. The van der Waals surface area contributed by atoms with Crippen LogP contribution in [0.5, 0.6) is 17.2 Å². The van der Waals surface area contributed by atoms with E-state index in [0.29, 0.717) is 17.0 Å². The average molecular weight is 359 g/mol. The summed E-state index contributed by atoms with van der Waals surface area (Å²) in [4.78, 5) is 4.34. The molecule has 0 bridgehead atoms. The van der Waals surface area contributed by atoms with Gasteiger partial charge < -0.3 is 14.9 Å². The number of aliphatic imine (C=N–C) groups is 1. The molecule has 4 nitrogen and oxygen atoms in total. The second-order valence-electron chi connectivity index (χ2n) is 4.84. The molecule has 0 aliphatic rings. The van der Waals surface area contributed by atoms with Crippen LogP contribution in [0.4, 0.5) is 5.69 Å². The maximum absolute atomic E-state index is 10.0. The van der Waals surface area contributed by atoms with Gasteiger partial charge in [-0.3, -0.25) is 4.99 Å². The second kappa shape index (κ2) is 7.25. The van der Waals surface area contributed by atoms with E-state index in [1.807, 2.05) is 30.3 Å². The van der Waals surface area contributed by atoms with E-state index < -0.39 is 0 Å². The molecular weight excluding hydrogens is 344 g/mol. The number of fused-ring (bicyclic) bond motifs is 1. The Morgan fingerprint density at radius 3 is 2.48 bits per heavy atom.